The molecule has 70 valence electrons. The Morgan fingerprint density at radius 1 is 1.29 bits per heavy atom. The van der Waals surface area contributed by atoms with Gasteiger partial charge in [0.2, 0.25) is 0 Å². The Bertz CT molecular complexity index is 380. The van der Waals surface area contributed by atoms with Crippen LogP contribution in [0.1, 0.15) is 0 Å². The van der Waals surface area contributed by atoms with Crippen LogP contribution < -0.4 is 4.90 Å². The number of hydrogen-bond acceptors (Lipinski definition) is 4. The number of hydrogen-bond donors (Lipinski definition) is 1. The molecule has 2 heterocycles. The first-order valence-corrected chi connectivity index (χ1v) is 4.30. The second kappa shape index (κ2) is 3.83. The lowest BCUT2D eigenvalue weighted by Crippen LogP contribution is -2.23. The van der Waals surface area contributed by atoms with Crippen molar-refractivity contribution in [2.75, 3.05) is 11.4 Å². The van der Waals surface area contributed by atoms with E-state index in [1.165, 1.54) is 0 Å². The fourth-order valence-electron chi connectivity index (χ4n) is 1.24. The molecular weight excluding hydrogens is 176 g/mol. The minimum Gasteiger partial charge on any atom is -0.340 e. The summed E-state index contributed by atoms with van der Waals surface area (Å²) in [4.78, 5) is 9.84. The molecule has 1 N–H and O–H groups in total. The molecule has 0 aliphatic carbocycles. The molecule has 1 aliphatic rings. The fourth-order valence-corrected chi connectivity index (χ4v) is 1.24. The maximum atomic E-state index is 7.56. The van der Waals surface area contributed by atoms with Gasteiger partial charge in [-0.15, -0.1) is 0 Å². The van der Waals surface area contributed by atoms with Gasteiger partial charge in [0.15, 0.2) is 0 Å². The Morgan fingerprint density at radius 2 is 2.07 bits per heavy atom. The lowest BCUT2D eigenvalue weighted by atomic mass is 10.3. The van der Waals surface area contributed by atoms with Crippen molar-refractivity contribution in [1.29, 1.82) is 5.41 Å². The summed E-state index contributed by atoms with van der Waals surface area (Å²) in [6.07, 6.45) is 8.56. The van der Waals surface area contributed by atoms with Crippen LogP contribution in [0.4, 0.5) is 5.69 Å². The summed E-state index contributed by atoms with van der Waals surface area (Å²) in [6, 6.07) is 3.81. The Kier molecular flexibility index (Phi) is 2.36. The van der Waals surface area contributed by atoms with Crippen LogP contribution in [0.3, 0.4) is 0 Å². The third kappa shape index (κ3) is 1.85. The van der Waals surface area contributed by atoms with Crippen molar-refractivity contribution < 1.29 is 0 Å². The molecule has 0 amide bonds. The van der Waals surface area contributed by atoms with E-state index in [2.05, 4.69) is 9.98 Å². The first-order chi connectivity index (χ1) is 6.86. The smallest absolute Gasteiger partial charge is 0.0693 e. The first kappa shape index (κ1) is 8.62. The quantitative estimate of drug-likeness (QED) is 0.721. The van der Waals surface area contributed by atoms with E-state index in [4.69, 9.17) is 5.41 Å². The van der Waals surface area contributed by atoms with E-state index in [0.29, 0.717) is 12.3 Å². The number of aromatic nitrogens is 1. The van der Waals surface area contributed by atoms with E-state index >= 15 is 0 Å². The molecule has 4 nitrogen and oxygen atoms in total. The second-order valence-corrected chi connectivity index (χ2v) is 2.93. The van der Waals surface area contributed by atoms with Crippen molar-refractivity contribution in [1.82, 2.24) is 4.98 Å². The van der Waals surface area contributed by atoms with Crippen molar-refractivity contribution in [2.45, 2.75) is 0 Å². The fraction of sp³-hybridized carbons (Fsp3) is 0.100. The standard InChI is InChI=1S/C10H10N4/c11-9-7-13-5-6-14(8-9)10-1-3-12-4-2-10/h1-7,11H,8H2. The number of anilines is 1. The van der Waals surface area contributed by atoms with Crippen molar-refractivity contribution in [3.63, 3.8) is 0 Å². The van der Waals surface area contributed by atoms with E-state index in [0.717, 1.165) is 5.69 Å². The van der Waals surface area contributed by atoms with Crippen LogP contribution in [0.5, 0.6) is 0 Å². The van der Waals surface area contributed by atoms with Gasteiger partial charge in [-0.25, -0.2) is 0 Å². The number of aliphatic imine (C=N–C) groups is 1. The van der Waals surface area contributed by atoms with Gasteiger partial charge in [0.05, 0.1) is 12.3 Å². The molecule has 0 unspecified atom stereocenters. The molecule has 0 bridgehead atoms. The highest BCUT2D eigenvalue weighted by Gasteiger charge is 2.06. The minimum absolute atomic E-state index is 0.492. The summed E-state index contributed by atoms with van der Waals surface area (Å²) in [6.45, 7) is 0.546. The lowest BCUT2D eigenvalue weighted by Gasteiger charge is -2.17. The summed E-state index contributed by atoms with van der Waals surface area (Å²) in [7, 11) is 0. The molecule has 0 fully saturated rings. The molecule has 1 aromatic rings. The van der Waals surface area contributed by atoms with E-state index in [1.807, 2.05) is 23.2 Å². The molecule has 0 saturated heterocycles. The van der Waals surface area contributed by atoms with Crippen molar-refractivity contribution >= 4 is 17.6 Å². The second-order valence-electron chi connectivity index (χ2n) is 2.93. The van der Waals surface area contributed by atoms with Crippen LogP contribution in [-0.4, -0.2) is 23.5 Å². The third-order valence-electron chi connectivity index (χ3n) is 1.90. The van der Waals surface area contributed by atoms with Crippen molar-refractivity contribution in [3.8, 4) is 0 Å². The first-order valence-electron chi connectivity index (χ1n) is 4.30. The van der Waals surface area contributed by atoms with Gasteiger partial charge in [-0.3, -0.25) is 9.98 Å². The van der Waals surface area contributed by atoms with Crippen molar-refractivity contribution in [3.05, 3.63) is 36.9 Å². The zero-order chi connectivity index (χ0) is 9.80. The Labute approximate surface area is 82.1 Å². The van der Waals surface area contributed by atoms with Gasteiger partial charge in [-0.1, -0.05) is 0 Å². The Hall–Kier alpha value is -1.97. The molecule has 14 heavy (non-hydrogen) atoms. The maximum absolute atomic E-state index is 7.56. The van der Waals surface area contributed by atoms with E-state index in [-0.39, 0.29) is 0 Å². The summed E-state index contributed by atoms with van der Waals surface area (Å²) in [5.74, 6) is 0. The van der Waals surface area contributed by atoms with Gasteiger partial charge < -0.3 is 10.3 Å². The number of nitrogens with zero attached hydrogens (tertiary/aromatic N) is 3. The zero-order valence-electron chi connectivity index (χ0n) is 7.59. The van der Waals surface area contributed by atoms with Crippen molar-refractivity contribution in [2.24, 2.45) is 4.99 Å². The third-order valence-corrected chi connectivity index (χ3v) is 1.90. The largest absolute Gasteiger partial charge is 0.340 e. The average Bonchev–Trinajstić information content (AvgIpc) is 2.44. The van der Waals surface area contributed by atoms with Gasteiger partial charge in [0.1, 0.15) is 0 Å². The molecule has 0 aromatic carbocycles. The summed E-state index contributed by atoms with van der Waals surface area (Å²) in [5.41, 5.74) is 1.51. The van der Waals surface area contributed by atoms with E-state index in [1.54, 1.807) is 24.8 Å². The molecule has 4 heteroatoms. The Balaban J connectivity index is 2.24. The summed E-state index contributed by atoms with van der Waals surface area (Å²) >= 11 is 0. The Morgan fingerprint density at radius 3 is 2.86 bits per heavy atom. The van der Waals surface area contributed by atoms with Gasteiger partial charge in [-0.2, -0.15) is 0 Å². The molecule has 1 aromatic heterocycles. The predicted molar refractivity (Wildman–Crippen MR) is 56.9 cm³/mol. The van der Waals surface area contributed by atoms with Gasteiger partial charge in [0, 0.05) is 36.7 Å². The topological polar surface area (TPSA) is 52.3 Å². The molecule has 0 atom stereocenters. The molecule has 0 saturated carbocycles. The predicted octanol–water partition coefficient (Wildman–Crippen LogP) is 1.46. The minimum atomic E-state index is 0.492. The highest BCUT2D eigenvalue weighted by atomic mass is 15.1. The van der Waals surface area contributed by atoms with Crippen LogP contribution in [0.15, 0.2) is 41.9 Å². The van der Waals surface area contributed by atoms with E-state index < -0.39 is 0 Å². The monoisotopic (exact) mass is 186 g/mol. The zero-order valence-corrected chi connectivity index (χ0v) is 7.59. The SMILES string of the molecule is N=C1C=NC=CN(c2ccncc2)C1. The number of pyridine rings is 1. The molecule has 0 radical (unpaired) electrons. The summed E-state index contributed by atoms with van der Waals surface area (Å²) < 4.78 is 0. The molecule has 2 rings (SSSR count). The molecule has 1 aliphatic heterocycles. The van der Waals surface area contributed by atoms with Gasteiger partial charge in [0.25, 0.3) is 0 Å². The molecule has 0 spiro atoms. The highest BCUT2D eigenvalue weighted by Crippen LogP contribution is 2.13. The maximum Gasteiger partial charge on any atom is 0.0693 e. The van der Waals surface area contributed by atoms with Crippen LogP contribution in [0, 0.1) is 5.41 Å². The van der Waals surface area contributed by atoms with E-state index in [9.17, 15) is 0 Å². The van der Waals surface area contributed by atoms with Crippen LogP contribution in [0.2, 0.25) is 0 Å². The summed E-state index contributed by atoms with van der Waals surface area (Å²) in [5, 5.41) is 7.56. The highest BCUT2D eigenvalue weighted by molar-refractivity contribution is 6.31. The van der Waals surface area contributed by atoms with Crippen LogP contribution >= 0.6 is 0 Å². The van der Waals surface area contributed by atoms with Crippen LogP contribution in [0.25, 0.3) is 0 Å². The lowest BCUT2D eigenvalue weighted by molar-refractivity contribution is 1.11. The van der Waals surface area contributed by atoms with Gasteiger partial charge >= 0.3 is 0 Å². The number of nitrogens with one attached hydrogen (secondary N) is 1. The molecular formula is C10H10N4. The number of rotatable bonds is 1. The van der Waals surface area contributed by atoms with Crippen LogP contribution in [-0.2, 0) is 0 Å². The normalized spacial score (nSPS) is 15.7. The average molecular weight is 186 g/mol. The van der Waals surface area contributed by atoms with Gasteiger partial charge in [-0.05, 0) is 12.1 Å².